The van der Waals surface area contributed by atoms with E-state index >= 15 is 0 Å². The van der Waals surface area contributed by atoms with Crippen LogP contribution in [0.4, 0.5) is 0 Å². The molecule has 0 aliphatic carbocycles. The molecular weight excluding hydrogens is 198 g/mol. The van der Waals surface area contributed by atoms with Gasteiger partial charge in [0.2, 0.25) is 0 Å². The minimum Gasteiger partial charge on any atom is -0.481 e. The average Bonchev–Trinajstić information content (AvgIpc) is 2.40. The summed E-state index contributed by atoms with van der Waals surface area (Å²) in [6, 6.07) is 0. The van der Waals surface area contributed by atoms with E-state index < -0.39 is 62.7 Å². The Morgan fingerprint density at radius 2 is 2.33 bits per heavy atom. The maximum atomic E-state index is 11.9. The highest BCUT2D eigenvalue weighted by Gasteiger charge is 2.25. The summed E-state index contributed by atoms with van der Waals surface area (Å²) in [7, 11) is 0. The standard InChI is InChI=1S/C10H19NO4/c1-5-11(3,4)7-9(6-10(13)14)15-8(2)12/h9H,5-7H2,1-4H3/p+1/t9-/m1/s1/i2D3,3D3,4D3,5D2,6D2,7D2,9D. The molecule has 5 heteroatoms. The zero-order valence-corrected chi connectivity index (χ0v) is 7.62. The van der Waals surface area contributed by atoms with Crippen molar-refractivity contribution >= 4 is 11.9 Å². The van der Waals surface area contributed by atoms with Crippen molar-refractivity contribution in [2.24, 2.45) is 0 Å². The van der Waals surface area contributed by atoms with E-state index in [-0.39, 0.29) is 6.92 Å². The second-order valence-electron chi connectivity index (χ2n) is 2.16. The fourth-order valence-corrected chi connectivity index (χ4v) is 0.474. The van der Waals surface area contributed by atoms with Gasteiger partial charge in [0.15, 0.2) is 6.08 Å². The van der Waals surface area contributed by atoms with Crippen molar-refractivity contribution < 1.29 is 45.8 Å². The van der Waals surface area contributed by atoms with Crippen LogP contribution in [-0.2, 0) is 14.3 Å². The van der Waals surface area contributed by atoms with Gasteiger partial charge in [-0.05, 0) is 6.92 Å². The molecule has 0 saturated carbocycles. The summed E-state index contributed by atoms with van der Waals surface area (Å²) in [6.07, 6.45) is -9.20. The van der Waals surface area contributed by atoms with Crippen LogP contribution >= 0.6 is 0 Å². The van der Waals surface area contributed by atoms with Crippen LogP contribution in [0.25, 0.3) is 0 Å². The van der Waals surface area contributed by atoms with Crippen molar-refractivity contribution in [3.05, 3.63) is 0 Å². The number of rotatable bonds is 6. The first-order chi connectivity index (χ1) is 13.1. The normalized spacial score (nSPS) is 36.6. The maximum absolute atomic E-state index is 11.9. The van der Waals surface area contributed by atoms with Crippen LogP contribution in [0.3, 0.4) is 0 Å². The topological polar surface area (TPSA) is 63.6 Å². The summed E-state index contributed by atoms with van der Waals surface area (Å²) in [6.45, 7) is -20.7. The zero-order valence-electron chi connectivity index (χ0n) is 23.6. The van der Waals surface area contributed by atoms with E-state index in [0.29, 0.717) is 0 Å². The van der Waals surface area contributed by atoms with E-state index in [4.69, 9.17) is 27.0 Å². The van der Waals surface area contributed by atoms with E-state index in [2.05, 4.69) is 4.74 Å². The van der Waals surface area contributed by atoms with Crippen LogP contribution in [0.5, 0.6) is 0 Å². The number of aliphatic carboxylic acids is 1. The molecule has 88 valence electrons. The molecule has 0 unspecified atom stereocenters. The Balaban J connectivity index is 7.75. The van der Waals surface area contributed by atoms with Gasteiger partial charge in [0.25, 0.3) is 0 Å². The lowest BCUT2D eigenvalue weighted by molar-refractivity contribution is -0.891. The van der Waals surface area contributed by atoms with Crippen LogP contribution in [-0.4, -0.2) is 54.6 Å². The number of nitrogens with zero attached hydrogens (tertiary/aromatic N) is 1. The van der Waals surface area contributed by atoms with Crippen LogP contribution in [0.1, 0.15) is 42.1 Å². The Bertz CT molecular complexity index is 680. The van der Waals surface area contributed by atoms with Gasteiger partial charge in [0.05, 0.1) is 41.9 Å². The summed E-state index contributed by atoms with van der Waals surface area (Å²) in [4.78, 5) is 23.3. The largest absolute Gasteiger partial charge is 0.481 e. The van der Waals surface area contributed by atoms with E-state index in [1.165, 1.54) is 0 Å². The van der Waals surface area contributed by atoms with Crippen LogP contribution in [0, 0.1) is 0 Å². The number of carboxylic acids is 1. The molecule has 0 spiro atoms. The third kappa shape index (κ3) is 6.90. The number of carbonyl (C=O) groups excluding carboxylic acids is 1. The van der Waals surface area contributed by atoms with Crippen LogP contribution in [0.2, 0.25) is 0 Å². The van der Waals surface area contributed by atoms with Gasteiger partial charge < -0.3 is 14.3 Å². The summed E-state index contributed by atoms with van der Waals surface area (Å²) < 4.78 is 122. The molecule has 0 aromatic rings. The Kier molecular flexibility index (Phi) is 1.05. The highest BCUT2D eigenvalue weighted by molar-refractivity contribution is 5.69. The molecule has 0 aromatic heterocycles. The minimum absolute atomic E-state index is 0.256. The molecule has 0 radical (unpaired) electrons. The molecular formula is C10H20NO4+. The summed E-state index contributed by atoms with van der Waals surface area (Å²) >= 11 is 0. The number of carboxylic acid groups (broad SMARTS) is 1. The lowest BCUT2D eigenvalue weighted by atomic mass is 10.2. The first-order valence-electron chi connectivity index (χ1n) is 11.4. The monoisotopic (exact) mass is 234 g/mol. The second-order valence-corrected chi connectivity index (χ2v) is 2.16. The van der Waals surface area contributed by atoms with Gasteiger partial charge >= 0.3 is 11.9 Å². The van der Waals surface area contributed by atoms with Gasteiger partial charge in [-0.2, -0.15) is 0 Å². The predicted octanol–water partition coefficient (Wildman–Crippen LogP) is 0.489. The smallest absolute Gasteiger partial charge is 0.307 e. The number of likely N-dealkylation sites (N-methyl/N-ethyl adjacent to an activating group) is 1. The third-order valence-corrected chi connectivity index (χ3v) is 1.02. The van der Waals surface area contributed by atoms with Crippen molar-refractivity contribution in [1.29, 1.82) is 0 Å². The fraction of sp³-hybridized carbons (Fsp3) is 0.800. The van der Waals surface area contributed by atoms with Gasteiger partial charge in [-0.3, -0.25) is 9.59 Å². The molecule has 1 N–H and O–H groups in total. The molecule has 1 atom stereocenters. The number of esters is 1. The molecule has 0 fully saturated rings. The summed E-state index contributed by atoms with van der Waals surface area (Å²) in [5.41, 5.74) is 0. The lowest BCUT2D eigenvalue weighted by Crippen LogP contribution is -2.46. The van der Waals surface area contributed by atoms with Crippen molar-refractivity contribution in [2.75, 3.05) is 26.9 Å². The molecule has 5 nitrogen and oxygen atoms in total. The second kappa shape index (κ2) is 5.70. The van der Waals surface area contributed by atoms with E-state index in [9.17, 15) is 9.59 Å². The lowest BCUT2D eigenvalue weighted by Gasteiger charge is -2.31. The van der Waals surface area contributed by atoms with E-state index in [1.807, 2.05) is 0 Å². The summed E-state index contributed by atoms with van der Waals surface area (Å²) in [5, 5.41) is 9.15. The van der Waals surface area contributed by atoms with Gasteiger partial charge in [0, 0.05) is 13.7 Å². The van der Waals surface area contributed by atoms with Crippen molar-refractivity contribution in [2.45, 2.75) is 26.2 Å². The van der Waals surface area contributed by atoms with Gasteiger partial charge in [-0.15, -0.1) is 0 Å². The molecule has 0 heterocycles. The number of ether oxygens (including phenoxy) is 1. The predicted molar refractivity (Wildman–Crippen MR) is 55.3 cm³/mol. The van der Waals surface area contributed by atoms with Gasteiger partial charge in [-0.1, -0.05) is 0 Å². The highest BCUT2D eigenvalue weighted by Crippen LogP contribution is 2.07. The first-order valence-corrected chi connectivity index (χ1v) is 3.43. The molecule has 0 amide bonds. The Morgan fingerprint density at radius 1 is 1.67 bits per heavy atom. The number of quaternary nitrogens is 1. The Morgan fingerprint density at radius 3 is 2.73 bits per heavy atom. The molecule has 0 aliphatic rings. The summed E-state index contributed by atoms with van der Waals surface area (Å²) in [5.74, 6) is -5.31. The SMILES string of the molecule is [2H]C([2H])([2H])C(=O)O[C@]([2H])(C([2H])([2H])C(=O)O)C([2H])([2H])[N+](C([2H])([2H])[2H])(C([2H])([2H])[2H])C([2H])([2H])C. The quantitative estimate of drug-likeness (QED) is 0.536. The van der Waals surface area contributed by atoms with Crippen molar-refractivity contribution in [1.82, 2.24) is 0 Å². The van der Waals surface area contributed by atoms with Crippen LogP contribution < -0.4 is 0 Å². The number of hydrogen-bond donors (Lipinski definition) is 1. The highest BCUT2D eigenvalue weighted by atomic mass is 16.5. The fourth-order valence-electron chi connectivity index (χ4n) is 0.474. The molecule has 0 rings (SSSR count). The molecule has 0 bridgehead atoms. The van der Waals surface area contributed by atoms with Crippen molar-refractivity contribution in [3.8, 4) is 0 Å². The Hall–Kier alpha value is -1.10. The molecule has 0 saturated heterocycles. The molecule has 15 heavy (non-hydrogen) atoms. The maximum Gasteiger partial charge on any atom is 0.307 e. The van der Waals surface area contributed by atoms with Crippen molar-refractivity contribution in [3.63, 3.8) is 0 Å². The first kappa shape index (κ1) is 2.77. The number of hydrogen-bond acceptors (Lipinski definition) is 3. The molecule has 0 aromatic carbocycles. The van der Waals surface area contributed by atoms with Gasteiger partial charge in [-0.25, -0.2) is 0 Å². The number of carbonyl (C=O) groups is 2. The average molecular weight is 234 g/mol. The molecule has 0 aliphatic heterocycles. The zero-order chi connectivity index (χ0) is 25.9. The van der Waals surface area contributed by atoms with Crippen LogP contribution in [0.15, 0.2) is 0 Å². The van der Waals surface area contributed by atoms with E-state index in [0.717, 1.165) is 0 Å². The van der Waals surface area contributed by atoms with E-state index in [1.54, 1.807) is 0 Å². The minimum atomic E-state index is -4.76. The van der Waals surface area contributed by atoms with Gasteiger partial charge in [0.1, 0.15) is 6.50 Å². The Labute approximate surface area is 113 Å². The third-order valence-electron chi connectivity index (χ3n) is 1.02.